The van der Waals surface area contributed by atoms with Crippen LogP contribution in [0.5, 0.6) is 0 Å². The van der Waals surface area contributed by atoms with Crippen LogP contribution in [0.15, 0.2) is 36.5 Å². The molecule has 1 aliphatic heterocycles. The van der Waals surface area contributed by atoms with Crippen molar-refractivity contribution in [3.8, 4) is 0 Å². The van der Waals surface area contributed by atoms with Gasteiger partial charge >= 0.3 is 6.03 Å². The highest BCUT2D eigenvalue weighted by molar-refractivity contribution is 6.32. The SMILES string of the molecule is CCCCc1ccc2nc(NC(=O)N3CCN(c4ncccc4Cl)CC3)[nH]c2c1. The molecule has 4 rings (SSSR count). The number of H-pyrrole nitrogens is 1. The molecule has 1 fully saturated rings. The Balaban J connectivity index is 1.36. The van der Waals surface area contributed by atoms with E-state index in [0.717, 1.165) is 23.3 Å². The van der Waals surface area contributed by atoms with Crippen LogP contribution >= 0.6 is 11.6 Å². The normalized spacial score (nSPS) is 14.4. The number of pyridine rings is 1. The lowest BCUT2D eigenvalue weighted by molar-refractivity contribution is 0.208. The zero-order valence-corrected chi connectivity index (χ0v) is 17.2. The van der Waals surface area contributed by atoms with Crippen LogP contribution < -0.4 is 10.2 Å². The number of piperazine rings is 1. The van der Waals surface area contributed by atoms with Crippen LogP contribution in [0.25, 0.3) is 11.0 Å². The van der Waals surface area contributed by atoms with E-state index in [-0.39, 0.29) is 6.03 Å². The molecular formula is C21H25ClN6O. The van der Waals surface area contributed by atoms with E-state index in [4.69, 9.17) is 11.6 Å². The van der Waals surface area contributed by atoms with Crippen molar-refractivity contribution in [1.82, 2.24) is 19.9 Å². The van der Waals surface area contributed by atoms with Crippen molar-refractivity contribution in [3.63, 3.8) is 0 Å². The highest BCUT2D eigenvalue weighted by atomic mass is 35.5. The third-order valence-electron chi connectivity index (χ3n) is 5.20. The number of benzene rings is 1. The average molecular weight is 413 g/mol. The molecule has 1 aliphatic rings. The lowest BCUT2D eigenvalue weighted by atomic mass is 10.1. The number of rotatable bonds is 5. The number of nitrogens with zero attached hydrogens (tertiary/aromatic N) is 4. The van der Waals surface area contributed by atoms with Crippen LogP contribution in [0.3, 0.4) is 0 Å². The van der Waals surface area contributed by atoms with Crippen molar-refractivity contribution < 1.29 is 4.79 Å². The Morgan fingerprint density at radius 1 is 1.24 bits per heavy atom. The van der Waals surface area contributed by atoms with Gasteiger partial charge < -0.3 is 14.8 Å². The lowest BCUT2D eigenvalue weighted by Gasteiger charge is -2.35. The minimum atomic E-state index is -0.151. The van der Waals surface area contributed by atoms with Crippen LogP contribution in [0.4, 0.5) is 16.6 Å². The van der Waals surface area contributed by atoms with E-state index in [1.807, 2.05) is 18.2 Å². The molecule has 0 atom stereocenters. The van der Waals surface area contributed by atoms with Crippen molar-refractivity contribution in [2.45, 2.75) is 26.2 Å². The number of carbonyl (C=O) groups excluding carboxylic acids is 1. The fourth-order valence-electron chi connectivity index (χ4n) is 3.56. The molecular weight excluding hydrogens is 388 g/mol. The molecule has 2 aromatic heterocycles. The Morgan fingerprint density at radius 2 is 2.07 bits per heavy atom. The van der Waals surface area contributed by atoms with Gasteiger partial charge in [-0.05, 0) is 42.7 Å². The predicted molar refractivity (Wildman–Crippen MR) is 117 cm³/mol. The number of unbranched alkanes of at least 4 members (excludes halogenated alkanes) is 1. The van der Waals surface area contributed by atoms with Crippen LogP contribution in [-0.4, -0.2) is 52.1 Å². The van der Waals surface area contributed by atoms with Crippen LogP contribution in [0.1, 0.15) is 25.3 Å². The van der Waals surface area contributed by atoms with Crippen LogP contribution in [-0.2, 0) is 6.42 Å². The molecule has 7 nitrogen and oxygen atoms in total. The Labute approximate surface area is 175 Å². The molecule has 29 heavy (non-hydrogen) atoms. The summed E-state index contributed by atoms with van der Waals surface area (Å²) in [5.74, 6) is 1.25. The number of amides is 2. The molecule has 1 aromatic carbocycles. The third-order valence-corrected chi connectivity index (χ3v) is 5.49. The molecule has 3 aromatic rings. The smallest absolute Gasteiger partial charge is 0.324 e. The molecule has 2 N–H and O–H groups in total. The summed E-state index contributed by atoms with van der Waals surface area (Å²) >= 11 is 6.23. The summed E-state index contributed by atoms with van der Waals surface area (Å²) in [4.78, 5) is 28.6. The van der Waals surface area contributed by atoms with E-state index in [2.05, 4.69) is 44.2 Å². The number of aromatic nitrogens is 3. The van der Waals surface area contributed by atoms with Gasteiger partial charge in [0.2, 0.25) is 5.95 Å². The van der Waals surface area contributed by atoms with Gasteiger partial charge in [0.15, 0.2) is 0 Å². The number of aryl methyl sites for hydroxylation is 1. The zero-order chi connectivity index (χ0) is 20.2. The van der Waals surface area contributed by atoms with Crippen molar-refractivity contribution in [1.29, 1.82) is 0 Å². The maximum Gasteiger partial charge on any atom is 0.324 e. The molecule has 0 saturated carbocycles. The van der Waals surface area contributed by atoms with E-state index in [1.54, 1.807) is 11.1 Å². The lowest BCUT2D eigenvalue weighted by Crippen LogP contribution is -2.50. The van der Waals surface area contributed by atoms with E-state index >= 15 is 0 Å². The Kier molecular flexibility index (Phi) is 5.85. The monoisotopic (exact) mass is 412 g/mol. The van der Waals surface area contributed by atoms with Gasteiger partial charge in [-0.3, -0.25) is 5.32 Å². The highest BCUT2D eigenvalue weighted by Gasteiger charge is 2.23. The first-order chi connectivity index (χ1) is 14.1. The third kappa shape index (κ3) is 4.45. The number of fused-ring (bicyclic) bond motifs is 1. The quantitative estimate of drug-likeness (QED) is 0.654. The minimum Gasteiger partial charge on any atom is -0.352 e. The van der Waals surface area contributed by atoms with Crippen molar-refractivity contribution in [2.75, 3.05) is 36.4 Å². The number of nitrogens with one attached hydrogen (secondary N) is 2. The Bertz CT molecular complexity index is 996. The first kappa shape index (κ1) is 19.5. The van der Waals surface area contributed by atoms with Crippen molar-refractivity contribution in [2.24, 2.45) is 0 Å². The molecule has 1 saturated heterocycles. The topological polar surface area (TPSA) is 77.2 Å². The number of halogens is 1. The largest absolute Gasteiger partial charge is 0.352 e. The number of urea groups is 1. The molecule has 0 aliphatic carbocycles. The van der Waals surface area contributed by atoms with Crippen LogP contribution in [0.2, 0.25) is 5.02 Å². The predicted octanol–water partition coefficient (Wildman–Crippen LogP) is 4.31. The molecule has 0 bridgehead atoms. The van der Waals surface area contributed by atoms with Gasteiger partial charge in [-0.15, -0.1) is 0 Å². The molecule has 8 heteroatoms. The van der Waals surface area contributed by atoms with Gasteiger partial charge in [-0.25, -0.2) is 14.8 Å². The number of imidazole rings is 1. The van der Waals surface area contributed by atoms with Crippen molar-refractivity contribution in [3.05, 3.63) is 47.1 Å². The fraction of sp³-hybridized carbons (Fsp3) is 0.381. The fourth-order valence-corrected chi connectivity index (χ4v) is 3.81. The summed E-state index contributed by atoms with van der Waals surface area (Å²) in [6, 6.07) is 9.72. The average Bonchev–Trinajstić information content (AvgIpc) is 3.14. The maximum atomic E-state index is 12.7. The van der Waals surface area contributed by atoms with Gasteiger partial charge in [0.25, 0.3) is 0 Å². The van der Waals surface area contributed by atoms with E-state index in [0.29, 0.717) is 37.1 Å². The molecule has 0 unspecified atom stereocenters. The second kappa shape index (κ2) is 8.69. The van der Waals surface area contributed by atoms with E-state index < -0.39 is 0 Å². The maximum absolute atomic E-state index is 12.7. The number of carbonyl (C=O) groups is 1. The Hall–Kier alpha value is -2.80. The van der Waals surface area contributed by atoms with Crippen LogP contribution in [0, 0.1) is 0 Å². The van der Waals surface area contributed by atoms with Gasteiger partial charge in [0, 0.05) is 32.4 Å². The minimum absolute atomic E-state index is 0.151. The first-order valence-electron chi connectivity index (χ1n) is 10.0. The molecule has 152 valence electrons. The number of hydrogen-bond acceptors (Lipinski definition) is 4. The summed E-state index contributed by atoms with van der Waals surface area (Å²) in [7, 11) is 0. The number of aromatic amines is 1. The molecule has 0 spiro atoms. The summed E-state index contributed by atoms with van der Waals surface area (Å²) in [5.41, 5.74) is 3.09. The molecule has 2 amide bonds. The van der Waals surface area contributed by atoms with Gasteiger partial charge in [0.1, 0.15) is 5.82 Å². The summed E-state index contributed by atoms with van der Waals surface area (Å²) in [6.07, 6.45) is 5.12. The number of anilines is 2. The van der Waals surface area contributed by atoms with E-state index in [9.17, 15) is 4.79 Å². The second-order valence-corrected chi connectivity index (χ2v) is 7.66. The van der Waals surface area contributed by atoms with Gasteiger partial charge in [0.05, 0.1) is 16.1 Å². The Morgan fingerprint density at radius 3 is 2.83 bits per heavy atom. The van der Waals surface area contributed by atoms with E-state index in [1.165, 1.54) is 18.4 Å². The first-order valence-corrected chi connectivity index (χ1v) is 10.4. The summed E-state index contributed by atoms with van der Waals surface area (Å²) in [6.45, 7) is 4.75. The number of hydrogen-bond donors (Lipinski definition) is 2. The molecule has 0 radical (unpaired) electrons. The highest BCUT2D eigenvalue weighted by Crippen LogP contribution is 2.23. The van der Waals surface area contributed by atoms with Crippen molar-refractivity contribution >= 4 is 40.4 Å². The second-order valence-electron chi connectivity index (χ2n) is 7.25. The zero-order valence-electron chi connectivity index (χ0n) is 16.5. The molecule has 3 heterocycles. The summed E-state index contributed by atoms with van der Waals surface area (Å²) < 4.78 is 0. The van der Waals surface area contributed by atoms with Gasteiger partial charge in [-0.2, -0.15) is 0 Å². The standard InChI is InChI=1S/C21H25ClN6O/c1-2-3-5-15-7-8-17-18(14-15)25-20(24-17)26-21(29)28-12-10-27(11-13-28)19-16(22)6-4-9-23-19/h4,6-9,14H,2-3,5,10-13H2,1H3,(H2,24,25,26,29). The summed E-state index contributed by atoms with van der Waals surface area (Å²) in [5, 5.41) is 3.52. The van der Waals surface area contributed by atoms with Gasteiger partial charge in [-0.1, -0.05) is 31.0 Å².